The van der Waals surface area contributed by atoms with Crippen molar-refractivity contribution in [2.75, 3.05) is 53.0 Å². The molecule has 1 saturated heterocycles. The summed E-state index contributed by atoms with van der Waals surface area (Å²) >= 11 is 5.77. The molecule has 3 aromatic rings. The van der Waals surface area contributed by atoms with Crippen molar-refractivity contribution in [3.8, 4) is 5.75 Å². The van der Waals surface area contributed by atoms with Gasteiger partial charge >= 0.3 is 6.18 Å². The molecular weight excluding hydrogens is 543 g/mol. The van der Waals surface area contributed by atoms with Crippen molar-refractivity contribution in [1.82, 2.24) is 15.5 Å². The molecule has 1 aliphatic heterocycles. The Kier molecular flexibility index (Phi) is 12.7. The molecule has 1 unspecified atom stereocenters. The quantitative estimate of drug-likeness (QED) is 0.317. The van der Waals surface area contributed by atoms with Gasteiger partial charge in [-0.2, -0.15) is 13.2 Å². The van der Waals surface area contributed by atoms with Crippen molar-refractivity contribution in [2.24, 2.45) is 0 Å². The van der Waals surface area contributed by atoms with E-state index >= 15 is 0 Å². The van der Waals surface area contributed by atoms with Crippen molar-refractivity contribution in [1.29, 1.82) is 0 Å². The van der Waals surface area contributed by atoms with Gasteiger partial charge in [-0.25, -0.2) is 0 Å². The molecule has 1 fully saturated rings. The van der Waals surface area contributed by atoms with Crippen molar-refractivity contribution in [2.45, 2.75) is 18.7 Å². The van der Waals surface area contributed by atoms with Gasteiger partial charge in [0.15, 0.2) is 0 Å². The number of carbonyl (C=O) groups is 1. The monoisotopic (exact) mass is 577 g/mol. The lowest BCUT2D eigenvalue weighted by atomic mass is 10.1. The number of hydrogen-bond acceptors (Lipinski definition) is 5. The fourth-order valence-corrected chi connectivity index (χ4v) is 4.11. The van der Waals surface area contributed by atoms with Crippen LogP contribution in [0.5, 0.6) is 5.75 Å². The number of ether oxygens (including phenoxy) is 2. The molecule has 0 aromatic heterocycles. The Morgan fingerprint density at radius 2 is 1.62 bits per heavy atom. The topological polar surface area (TPSA) is 62.8 Å². The number of halogens is 4. The van der Waals surface area contributed by atoms with E-state index in [4.69, 9.17) is 21.1 Å². The molecule has 1 heterocycles. The highest BCUT2D eigenvalue weighted by molar-refractivity contribution is 6.30. The van der Waals surface area contributed by atoms with Gasteiger partial charge in [0.2, 0.25) is 0 Å². The maximum Gasteiger partial charge on any atom is 0.416 e. The van der Waals surface area contributed by atoms with Crippen LogP contribution in [0.1, 0.15) is 34.0 Å². The Morgan fingerprint density at radius 3 is 2.23 bits per heavy atom. The summed E-state index contributed by atoms with van der Waals surface area (Å²) in [6.07, 6.45) is -3.81. The second-order valence-electron chi connectivity index (χ2n) is 9.15. The summed E-state index contributed by atoms with van der Waals surface area (Å²) in [5.41, 5.74) is 0.963. The number of amides is 1. The summed E-state index contributed by atoms with van der Waals surface area (Å²) < 4.78 is 48.8. The van der Waals surface area contributed by atoms with Crippen LogP contribution in [0.3, 0.4) is 0 Å². The van der Waals surface area contributed by atoms with Crippen LogP contribution < -0.4 is 15.4 Å². The minimum absolute atomic E-state index is 0.0556. The molecule has 0 spiro atoms. The highest BCUT2D eigenvalue weighted by atomic mass is 35.5. The van der Waals surface area contributed by atoms with Gasteiger partial charge in [-0.05, 0) is 67.7 Å². The highest BCUT2D eigenvalue weighted by Gasteiger charge is 2.30. The zero-order chi connectivity index (χ0) is 28.8. The van der Waals surface area contributed by atoms with E-state index in [-0.39, 0.29) is 12.0 Å². The number of carbonyl (C=O) groups excluding carboxylic acids is 1. The van der Waals surface area contributed by atoms with E-state index in [2.05, 4.69) is 15.5 Å². The second kappa shape index (κ2) is 16.2. The van der Waals surface area contributed by atoms with Crippen LogP contribution in [0.25, 0.3) is 0 Å². The number of alkyl halides is 3. The molecule has 0 saturated carbocycles. The number of hydrogen-bond donors (Lipinski definition) is 2. The third kappa shape index (κ3) is 10.8. The first-order chi connectivity index (χ1) is 19.3. The first-order valence-electron chi connectivity index (χ1n) is 13.1. The molecule has 4 rings (SSSR count). The Hall–Kier alpha value is -3.11. The Labute approximate surface area is 238 Å². The van der Waals surface area contributed by atoms with Gasteiger partial charge < -0.3 is 20.1 Å². The molecule has 0 bridgehead atoms. The summed E-state index contributed by atoms with van der Waals surface area (Å²) in [5, 5.41) is 6.59. The number of rotatable bonds is 10. The SMILES string of the molecule is CNCCC(Oc1ccc(C(F)(F)F)cc1)c1ccccc1.O=C(NCCN1CCOCC1)c1ccc(Cl)cc1. The smallest absolute Gasteiger partial charge is 0.416 e. The number of nitrogens with one attached hydrogen (secondary N) is 2. The van der Waals surface area contributed by atoms with Crippen LogP contribution in [0, 0.1) is 0 Å². The summed E-state index contributed by atoms with van der Waals surface area (Å²) in [5.74, 6) is 0.373. The summed E-state index contributed by atoms with van der Waals surface area (Å²) in [4.78, 5) is 14.1. The van der Waals surface area contributed by atoms with Crippen LogP contribution in [0.15, 0.2) is 78.9 Å². The van der Waals surface area contributed by atoms with Crippen LogP contribution >= 0.6 is 11.6 Å². The zero-order valence-electron chi connectivity index (χ0n) is 22.4. The van der Waals surface area contributed by atoms with E-state index < -0.39 is 11.7 Å². The van der Waals surface area contributed by atoms with Crippen LogP contribution in [0.4, 0.5) is 13.2 Å². The van der Waals surface area contributed by atoms with Crippen molar-refractivity contribution < 1.29 is 27.4 Å². The highest BCUT2D eigenvalue weighted by Crippen LogP contribution is 2.31. The van der Waals surface area contributed by atoms with E-state index in [1.54, 1.807) is 24.3 Å². The summed E-state index contributed by atoms with van der Waals surface area (Å²) in [7, 11) is 1.85. The molecule has 1 amide bonds. The lowest BCUT2D eigenvalue weighted by Gasteiger charge is -2.26. The van der Waals surface area contributed by atoms with E-state index in [1.807, 2.05) is 37.4 Å². The molecule has 3 aromatic carbocycles. The van der Waals surface area contributed by atoms with Gasteiger partial charge in [-0.15, -0.1) is 0 Å². The van der Waals surface area contributed by atoms with E-state index in [0.717, 1.165) is 63.5 Å². The lowest BCUT2D eigenvalue weighted by Crippen LogP contribution is -2.41. The first kappa shape index (κ1) is 31.4. The predicted octanol–water partition coefficient (Wildman–Crippen LogP) is 5.84. The molecule has 1 aliphatic rings. The van der Waals surface area contributed by atoms with Crippen LogP contribution in [-0.2, 0) is 10.9 Å². The fourth-order valence-electron chi connectivity index (χ4n) is 3.98. The Bertz CT molecular complexity index is 1140. The Morgan fingerprint density at radius 1 is 0.975 bits per heavy atom. The lowest BCUT2D eigenvalue weighted by molar-refractivity contribution is -0.137. The van der Waals surface area contributed by atoms with E-state index in [9.17, 15) is 18.0 Å². The largest absolute Gasteiger partial charge is 0.486 e. The molecule has 1 atom stereocenters. The van der Waals surface area contributed by atoms with Crippen molar-refractivity contribution in [3.05, 3.63) is 101 Å². The van der Waals surface area contributed by atoms with E-state index in [1.165, 1.54) is 12.1 Å². The maximum atomic E-state index is 12.6. The molecule has 216 valence electrons. The first-order valence-corrected chi connectivity index (χ1v) is 13.5. The van der Waals surface area contributed by atoms with Gasteiger partial charge in [0.05, 0.1) is 18.8 Å². The van der Waals surface area contributed by atoms with Crippen LogP contribution in [-0.4, -0.2) is 63.8 Å². The molecule has 0 aliphatic carbocycles. The number of benzene rings is 3. The minimum atomic E-state index is -4.33. The minimum Gasteiger partial charge on any atom is -0.486 e. The average Bonchev–Trinajstić information content (AvgIpc) is 2.97. The van der Waals surface area contributed by atoms with Gasteiger partial charge in [-0.1, -0.05) is 41.9 Å². The standard InChI is InChI=1S/C17H18F3NO.C13H17ClN2O2/c1-21-12-11-16(13-5-3-2-4-6-13)22-15-9-7-14(8-10-15)17(18,19)20;14-12-3-1-11(2-4-12)13(17)15-5-6-16-7-9-18-10-8-16/h2-10,16,21H,11-12H2,1H3;1-4H,5-10H2,(H,15,17). The molecule has 2 N–H and O–H groups in total. The fraction of sp³-hybridized carbons (Fsp3) is 0.367. The second-order valence-corrected chi connectivity index (χ2v) is 9.58. The van der Waals surface area contributed by atoms with Gasteiger partial charge in [0.1, 0.15) is 11.9 Å². The Balaban J connectivity index is 0.000000225. The molecule has 0 radical (unpaired) electrons. The third-order valence-electron chi connectivity index (χ3n) is 6.21. The van der Waals surface area contributed by atoms with Gasteiger partial charge in [0, 0.05) is 43.2 Å². The molecule has 6 nitrogen and oxygen atoms in total. The molecular formula is C30H35ClF3N3O3. The summed E-state index contributed by atoms with van der Waals surface area (Å²) in [6.45, 7) is 5.72. The van der Waals surface area contributed by atoms with Crippen molar-refractivity contribution in [3.63, 3.8) is 0 Å². The third-order valence-corrected chi connectivity index (χ3v) is 6.46. The average molecular weight is 578 g/mol. The number of morpholine rings is 1. The predicted molar refractivity (Wildman–Crippen MR) is 151 cm³/mol. The van der Waals surface area contributed by atoms with Crippen LogP contribution in [0.2, 0.25) is 5.02 Å². The van der Waals surface area contributed by atoms with Crippen molar-refractivity contribution >= 4 is 17.5 Å². The normalized spacial score (nSPS) is 14.5. The maximum absolute atomic E-state index is 12.6. The van der Waals surface area contributed by atoms with E-state index in [0.29, 0.717) is 22.9 Å². The van der Waals surface area contributed by atoms with Gasteiger partial charge in [0.25, 0.3) is 5.91 Å². The molecule has 40 heavy (non-hydrogen) atoms. The summed E-state index contributed by atoms with van der Waals surface area (Å²) in [6, 6.07) is 21.3. The molecule has 10 heteroatoms. The zero-order valence-corrected chi connectivity index (χ0v) is 23.2. The van der Waals surface area contributed by atoms with Gasteiger partial charge in [-0.3, -0.25) is 9.69 Å². The number of nitrogens with zero attached hydrogens (tertiary/aromatic N) is 1.